The number of rotatable bonds is 1. The van der Waals surface area contributed by atoms with Crippen LogP contribution in [0, 0.1) is 5.92 Å². The van der Waals surface area contributed by atoms with Crippen LogP contribution in [-0.4, -0.2) is 29.5 Å². The lowest BCUT2D eigenvalue weighted by molar-refractivity contribution is -0.189. The first-order valence-electron chi connectivity index (χ1n) is 7.52. The summed E-state index contributed by atoms with van der Waals surface area (Å²) >= 11 is 0. The van der Waals surface area contributed by atoms with Crippen molar-refractivity contribution in [1.82, 2.24) is 10.6 Å². The Morgan fingerprint density at radius 1 is 0.944 bits per heavy atom. The molecule has 2 saturated heterocycles. The minimum Gasteiger partial charge on any atom is -0.357 e. The summed E-state index contributed by atoms with van der Waals surface area (Å²) in [5.41, 5.74) is 0.185. The lowest BCUT2D eigenvalue weighted by atomic mass is 9.76. The van der Waals surface area contributed by atoms with Gasteiger partial charge in [-0.1, -0.05) is 0 Å². The molecule has 0 aromatic heterocycles. The van der Waals surface area contributed by atoms with Crippen molar-refractivity contribution in [3.8, 4) is 0 Å². The van der Waals surface area contributed by atoms with Crippen LogP contribution in [0.3, 0.4) is 0 Å². The van der Waals surface area contributed by atoms with Crippen LogP contribution >= 0.6 is 0 Å². The van der Waals surface area contributed by atoms with Crippen LogP contribution < -0.4 is 10.6 Å². The summed E-state index contributed by atoms with van der Waals surface area (Å²) in [5.74, 6) is 0.852. The minimum absolute atomic E-state index is 0.0935. The third kappa shape index (κ3) is 2.59. The highest BCUT2D eigenvalue weighted by Gasteiger charge is 2.51. The predicted molar refractivity (Wildman–Crippen MR) is 73.5 cm³/mol. The van der Waals surface area contributed by atoms with Gasteiger partial charge in [0.05, 0.1) is 6.10 Å². The molecule has 3 heteroatoms. The maximum Gasteiger partial charge on any atom is 0.123 e. The lowest BCUT2D eigenvalue weighted by Gasteiger charge is -2.55. The Morgan fingerprint density at radius 2 is 1.56 bits per heavy atom. The SMILES string of the molecule is CC1(C)CC2(CC(C)(C)N1)NCCC(C1CC1)O2. The van der Waals surface area contributed by atoms with Gasteiger partial charge in [-0.25, -0.2) is 0 Å². The molecule has 1 saturated carbocycles. The van der Waals surface area contributed by atoms with Crippen molar-refractivity contribution in [3.05, 3.63) is 0 Å². The van der Waals surface area contributed by atoms with E-state index in [1.165, 1.54) is 19.3 Å². The van der Waals surface area contributed by atoms with Gasteiger partial charge in [0.1, 0.15) is 5.72 Å². The number of ether oxygens (including phenoxy) is 1. The molecule has 0 bridgehead atoms. The van der Waals surface area contributed by atoms with Crippen molar-refractivity contribution in [1.29, 1.82) is 0 Å². The summed E-state index contributed by atoms with van der Waals surface area (Å²) in [6, 6.07) is 0. The predicted octanol–water partition coefficient (Wildman–Crippen LogP) is 2.41. The highest BCUT2D eigenvalue weighted by molar-refractivity contribution is 5.06. The Balaban J connectivity index is 1.79. The van der Waals surface area contributed by atoms with Gasteiger partial charge in [-0.05, 0) is 52.9 Å². The Labute approximate surface area is 111 Å². The first kappa shape index (κ1) is 12.9. The standard InChI is InChI=1S/C15H28N2O/c1-13(2)9-15(10-14(3,4)17-13)16-8-7-12(18-15)11-5-6-11/h11-12,16-17H,5-10H2,1-4H3. The quantitative estimate of drug-likeness (QED) is 0.752. The van der Waals surface area contributed by atoms with Gasteiger partial charge in [-0.2, -0.15) is 0 Å². The number of nitrogens with one attached hydrogen (secondary N) is 2. The molecule has 3 fully saturated rings. The largest absolute Gasteiger partial charge is 0.357 e. The molecule has 2 N–H and O–H groups in total. The highest BCUT2D eigenvalue weighted by Crippen LogP contribution is 2.44. The zero-order valence-corrected chi connectivity index (χ0v) is 12.3. The van der Waals surface area contributed by atoms with Crippen molar-refractivity contribution in [3.63, 3.8) is 0 Å². The molecule has 0 amide bonds. The van der Waals surface area contributed by atoms with Crippen LogP contribution in [-0.2, 0) is 4.74 Å². The van der Waals surface area contributed by atoms with Crippen molar-refractivity contribution >= 4 is 0 Å². The fraction of sp³-hybridized carbons (Fsp3) is 1.00. The molecule has 0 aromatic carbocycles. The third-order valence-corrected chi connectivity index (χ3v) is 4.53. The zero-order chi connectivity index (χ0) is 13.0. The number of hydrogen-bond donors (Lipinski definition) is 2. The van der Waals surface area contributed by atoms with Gasteiger partial charge in [-0.15, -0.1) is 0 Å². The maximum atomic E-state index is 6.56. The molecule has 1 unspecified atom stereocenters. The molecule has 104 valence electrons. The first-order chi connectivity index (χ1) is 8.29. The van der Waals surface area contributed by atoms with E-state index in [2.05, 4.69) is 38.3 Å². The van der Waals surface area contributed by atoms with E-state index in [9.17, 15) is 0 Å². The van der Waals surface area contributed by atoms with Crippen LogP contribution in [0.2, 0.25) is 0 Å². The third-order valence-electron chi connectivity index (χ3n) is 4.53. The van der Waals surface area contributed by atoms with E-state index in [1.807, 2.05) is 0 Å². The average molecular weight is 252 g/mol. The van der Waals surface area contributed by atoms with Gasteiger partial charge in [-0.3, -0.25) is 5.32 Å². The summed E-state index contributed by atoms with van der Waals surface area (Å²) in [6.45, 7) is 10.3. The van der Waals surface area contributed by atoms with Crippen molar-refractivity contribution < 1.29 is 4.74 Å². The van der Waals surface area contributed by atoms with Crippen molar-refractivity contribution in [2.45, 2.75) is 82.7 Å². The van der Waals surface area contributed by atoms with Crippen LogP contribution in [0.25, 0.3) is 0 Å². The summed E-state index contributed by atoms with van der Waals surface area (Å²) < 4.78 is 6.56. The molecule has 3 rings (SSSR count). The van der Waals surface area contributed by atoms with Crippen LogP contribution in [0.5, 0.6) is 0 Å². The number of piperidine rings is 1. The van der Waals surface area contributed by atoms with E-state index in [-0.39, 0.29) is 16.8 Å². The first-order valence-corrected chi connectivity index (χ1v) is 7.52. The van der Waals surface area contributed by atoms with Gasteiger partial charge < -0.3 is 10.1 Å². The normalized spacial score (nSPS) is 37.7. The molecule has 0 aromatic rings. The van der Waals surface area contributed by atoms with Crippen LogP contribution in [0.15, 0.2) is 0 Å². The van der Waals surface area contributed by atoms with Gasteiger partial charge in [0.15, 0.2) is 0 Å². The van der Waals surface area contributed by atoms with E-state index in [1.54, 1.807) is 0 Å². The topological polar surface area (TPSA) is 33.3 Å². The molecule has 1 aliphatic carbocycles. The Kier molecular flexibility index (Phi) is 2.82. The molecule has 3 aliphatic rings. The second kappa shape index (κ2) is 3.94. The van der Waals surface area contributed by atoms with E-state index in [0.29, 0.717) is 6.10 Å². The van der Waals surface area contributed by atoms with Gasteiger partial charge in [0.25, 0.3) is 0 Å². The zero-order valence-electron chi connectivity index (χ0n) is 12.3. The maximum absolute atomic E-state index is 6.56. The van der Waals surface area contributed by atoms with E-state index < -0.39 is 0 Å². The molecule has 18 heavy (non-hydrogen) atoms. The summed E-state index contributed by atoms with van der Waals surface area (Å²) in [7, 11) is 0. The molecular formula is C15H28N2O. The molecule has 2 aliphatic heterocycles. The summed E-state index contributed by atoms with van der Waals surface area (Å²) in [6.07, 6.45) is 6.59. The second-order valence-corrected chi connectivity index (χ2v) is 7.95. The van der Waals surface area contributed by atoms with Gasteiger partial charge in [0.2, 0.25) is 0 Å². The Bertz CT molecular complexity index is 317. The van der Waals surface area contributed by atoms with Gasteiger partial charge in [0, 0.05) is 30.5 Å². The smallest absolute Gasteiger partial charge is 0.123 e. The van der Waals surface area contributed by atoms with E-state index in [4.69, 9.17) is 4.74 Å². The molecule has 0 radical (unpaired) electrons. The average Bonchev–Trinajstić information content (AvgIpc) is 2.93. The highest BCUT2D eigenvalue weighted by atomic mass is 16.5. The van der Waals surface area contributed by atoms with Crippen molar-refractivity contribution in [2.24, 2.45) is 5.92 Å². The molecule has 2 heterocycles. The van der Waals surface area contributed by atoms with Gasteiger partial charge >= 0.3 is 0 Å². The molecule has 1 spiro atoms. The Morgan fingerprint density at radius 3 is 2.11 bits per heavy atom. The summed E-state index contributed by atoms with van der Waals surface area (Å²) in [4.78, 5) is 0. The van der Waals surface area contributed by atoms with E-state index >= 15 is 0 Å². The molecular weight excluding hydrogens is 224 g/mol. The molecule has 1 atom stereocenters. The second-order valence-electron chi connectivity index (χ2n) is 7.95. The number of hydrogen-bond acceptors (Lipinski definition) is 3. The van der Waals surface area contributed by atoms with E-state index in [0.717, 1.165) is 25.3 Å². The van der Waals surface area contributed by atoms with Crippen molar-refractivity contribution in [2.75, 3.05) is 6.54 Å². The fourth-order valence-electron chi connectivity index (χ4n) is 4.34. The van der Waals surface area contributed by atoms with Crippen LogP contribution in [0.1, 0.15) is 59.8 Å². The lowest BCUT2D eigenvalue weighted by Crippen LogP contribution is -2.70. The Hall–Kier alpha value is -0.120. The molecule has 3 nitrogen and oxygen atoms in total. The fourth-order valence-corrected chi connectivity index (χ4v) is 4.34. The summed E-state index contributed by atoms with van der Waals surface area (Å²) in [5, 5.41) is 7.44. The van der Waals surface area contributed by atoms with Crippen LogP contribution in [0.4, 0.5) is 0 Å². The monoisotopic (exact) mass is 252 g/mol. The minimum atomic E-state index is -0.0935.